The van der Waals surface area contributed by atoms with Gasteiger partial charge >= 0.3 is 0 Å². The maximum atomic E-state index is 13.2. The Labute approximate surface area is 204 Å². The molecule has 9 heteroatoms. The molecule has 0 spiro atoms. The molecule has 0 radical (unpaired) electrons. The first-order valence-corrected chi connectivity index (χ1v) is 13.0. The number of carbonyl (C=O) groups excluding carboxylic acids is 2. The predicted octanol–water partition coefficient (Wildman–Crippen LogP) is 4.45. The Hall–Kier alpha value is -2.52. The van der Waals surface area contributed by atoms with Gasteiger partial charge in [0.2, 0.25) is 0 Å². The molecule has 2 aromatic carbocycles. The Morgan fingerprint density at radius 1 is 0.970 bits per heavy atom. The molecule has 6 rings (SSSR count). The lowest BCUT2D eigenvalue weighted by Crippen LogP contribution is -2.64. The Morgan fingerprint density at radius 2 is 1.76 bits per heavy atom. The number of amides is 2. The summed E-state index contributed by atoms with van der Waals surface area (Å²) in [5.41, 5.74) is 0. The van der Waals surface area contributed by atoms with E-state index in [1.807, 2.05) is 27.3 Å². The number of thiophene rings is 1. The number of aromatic nitrogens is 1. The third-order valence-corrected chi connectivity index (χ3v) is 8.99. The molecular formula is C24H21ClN4O2S2. The molecule has 4 heterocycles. The van der Waals surface area contributed by atoms with E-state index in [0.29, 0.717) is 47.1 Å². The highest BCUT2D eigenvalue weighted by Crippen LogP contribution is 2.40. The first kappa shape index (κ1) is 21.0. The average Bonchev–Trinajstić information content (AvgIpc) is 3.46. The molecule has 6 nitrogen and oxygen atoms in total. The lowest BCUT2D eigenvalue weighted by Gasteiger charge is -2.48. The lowest BCUT2D eigenvalue weighted by atomic mass is 10.0. The van der Waals surface area contributed by atoms with Crippen LogP contribution in [0, 0.1) is 0 Å². The fourth-order valence-electron chi connectivity index (χ4n) is 4.72. The summed E-state index contributed by atoms with van der Waals surface area (Å²) in [5, 5.41) is 6.13. The second-order valence-corrected chi connectivity index (χ2v) is 10.8. The second kappa shape index (κ2) is 8.36. The number of halogens is 1. The molecule has 2 aliphatic rings. The van der Waals surface area contributed by atoms with E-state index in [1.54, 1.807) is 6.20 Å². The van der Waals surface area contributed by atoms with E-state index in [9.17, 15) is 9.59 Å². The van der Waals surface area contributed by atoms with E-state index in [0.717, 1.165) is 33.9 Å². The molecular weight excluding hydrogens is 476 g/mol. The summed E-state index contributed by atoms with van der Waals surface area (Å²) in [6, 6.07) is 12.6. The number of fused-ring (bicyclic) bond motifs is 3. The van der Waals surface area contributed by atoms with Crippen LogP contribution >= 0.6 is 34.3 Å². The lowest BCUT2D eigenvalue weighted by molar-refractivity contribution is 0.00880. The van der Waals surface area contributed by atoms with Gasteiger partial charge in [0.05, 0.1) is 5.02 Å². The number of hydrogen-bond acceptors (Lipinski definition) is 6. The Morgan fingerprint density at radius 3 is 2.52 bits per heavy atom. The van der Waals surface area contributed by atoms with Crippen molar-refractivity contribution in [2.24, 2.45) is 0 Å². The molecule has 0 saturated carbocycles. The van der Waals surface area contributed by atoms with Crippen molar-refractivity contribution in [3.63, 3.8) is 0 Å². The van der Waals surface area contributed by atoms with Crippen molar-refractivity contribution in [1.82, 2.24) is 19.7 Å². The number of likely N-dealkylation sites (tertiary alicyclic amines) is 1. The van der Waals surface area contributed by atoms with Crippen molar-refractivity contribution >= 4 is 66.9 Å². The summed E-state index contributed by atoms with van der Waals surface area (Å²) in [6.45, 7) is 4.42. The van der Waals surface area contributed by atoms with Crippen molar-refractivity contribution in [3.8, 4) is 0 Å². The topological polar surface area (TPSA) is 56.8 Å². The van der Waals surface area contributed by atoms with E-state index in [1.165, 1.54) is 22.7 Å². The van der Waals surface area contributed by atoms with Crippen LogP contribution in [-0.2, 0) is 0 Å². The molecule has 2 aromatic heterocycles. The van der Waals surface area contributed by atoms with Crippen LogP contribution < -0.4 is 0 Å². The monoisotopic (exact) mass is 496 g/mol. The van der Waals surface area contributed by atoms with E-state index in [2.05, 4.69) is 34.1 Å². The average molecular weight is 497 g/mol. The Bertz CT molecular complexity index is 1360. The standard InChI is InChI=1S/C24H21ClN4O2S2/c25-20-19-17-4-2-1-3-15(17)5-6-18(19)33-21(20)23(30)29-13-16(14-29)27-8-10-28(11-9-27)24(31)22-26-7-12-32-22/h1-7,12,16H,8-11,13-14H2. The van der Waals surface area contributed by atoms with Gasteiger partial charge < -0.3 is 9.80 Å². The van der Waals surface area contributed by atoms with Gasteiger partial charge in [-0.25, -0.2) is 4.98 Å². The minimum atomic E-state index is 0.0131. The van der Waals surface area contributed by atoms with Crippen molar-refractivity contribution in [1.29, 1.82) is 0 Å². The highest BCUT2D eigenvalue weighted by Gasteiger charge is 2.38. The van der Waals surface area contributed by atoms with Gasteiger partial charge in [0.1, 0.15) is 4.88 Å². The number of carbonyl (C=O) groups is 2. The Kier molecular flexibility index (Phi) is 5.33. The SMILES string of the molecule is O=C(c1nccs1)N1CCN(C2CN(C(=O)c3sc4ccc5ccccc5c4c3Cl)C2)CC1. The minimum absolute atomic E-state index is 0.0131. The zero-order valence-corrected chi connectivity index (χ0v) is 20.1. The summed E-state index contributed by atoms with van der Waals surface area (Å²) < 4.78 is 1.04. The van der Waals surface area contributed by atoms with Gasteiger partial charge in [0.25, 0.3) is 11.8 Å². The molecule has 2 saturated heterocycles. The predicted molar refractivity (Wildman–Crippen MR) is 134 cm³/mol. The van der Waals surface area contributed by atoms with Gasteiger partial charge in [0, 0.05) is 67.0 Å². The molecule has 0 aliphatic carbocycles. The van der Waals surface area contributed by atoms with E-state index in [-0.39, 0.29) is 11.8 Å². The molecule has 0 unspecified atom stereocenters. The molecule has 168 valence electrons. The number of thiazole rings is 1. The summed E-state index contributed by atoms with van der Waals surface area (Å²) >= 11 is 9.60. The van der Waals surface area contributed by atoms with Gasteiger partial charge in [-0.2, -0.15) is 0 Å². The second-order valence-electron chi connectivity index (χ2n) is 8.43. The highest BCUT2D eigenvalue weighted by molar-refractivity contribution is 7.21. The number of nitrogens with zero attached hydrogens (tertiary/aromatic N) is 4. The first-order valence-electron chi connectivity index (χ1n) is 10.9. The summed E-state index contributed by atoms with van der Waals surface area (Å²) in [7, 11) is 0. The fourth-order valence-corrected chi connectivity index (χ4v) is 6.86. The summed E-state index contributed by atoms with van der Waals surface area (Å²) in [5.74, 6) is 0.0288. The van der Waals surface area contributed by atoms with Gasteiger partial charge in [-0.3, -0.25) is 14.5 Å². The van der Waals surface area contributed by atoms with Gasteiger partial charge in [-0.15, -0.1) is 22.7 Å². The van der Waals surface area contributed by atoms with Gasteiger partial charge in [-0.1, -0.05) is 41.9 Å². The minimum Gasteiger partial charge on any atom is -0.335 e. The number of benzene rings is 2. The van der Waals surface area contributed by atoms with Crippen LogP contribution in [0.25, 0.3) is 20.9 Å². The molecule has 2 amide bonds. The molecule has 2 aliphatic heterocycles. The smallest absolute Gasteiger partial charge is 0.282 e. The number of hydrogen-bond donors (Lipinski definition) is 0. The summed E-state index contributed by atoms with van der Waals surface area (Å²) in [6.07, 6.45) is 1.67. The molecule has 0 atom stereocenters. The molecule has 4 aromatic rings. The molecule has 33 heavy (non-hydrogen) atoms. The fraction of sp³-hybridized carbons (Fsp3) is 0.292. The maximum absolute atomic E-state index is 13.2. The summed E-state index contributed by atoms with van der Waals surface area (Å²) in [4.78, 5) is 36.6. The van der Waals surface area contributed by atoms with Crippen LogP contribution in [0.3, 0.4) is 0 Å². The van der Waals surface area contributed by atoms with Crippen LogP contribution in [0.15, 0.2) is 48.0 Å². The normalized spacial score (nSPS) is 17.6. The zero-order chi connectivity index (χ0) is 22.5. The largest absolute Gasteiger partial charge is 0.335 e. The van der Waals surface area contributed by atoms with Crippen LogP contribution in [-0.4, -0.2) is 76.8 Å². The van der Waals surface area contributed by atoms with Crippen LogP contribution in [0.5, 0.6) is 0 Å². The number of rotatable bonds is 3. The first-order chi connectivity index (χ1) is 16.1. The highest BCUT2D eigenvalue weighted by atomic mass is 35.5. The Balaban J connectivity index is 1.11. The van der Waals surface area contributed by atoms with E-state index in [4.69, 9.17) is 11.6 Å². The quantitative estimate of drug-likeness (QED) is 0.420. The number of piperazine rings is 1. The zero-order valence-electron chi connectivity index (χ0n) is 17.7. The van der Waals surface area contributed by atoms with Crippen molar-refractivity contribution in [2.45, 2.75) is 6.04 Å². The van der Waals surface area contributed by atoms with Gasteiger partial charge in [-0.05, 0) is 16.8 Å². The van der Waals surface area contributed by atoms with Crippen LogP contribution in [0.1, 0.15) is 19.5 Å². The van der Waals surface area contributed by atoms with E-state index < -0.39 is 0 Å². The van der Waals surface area contributed by atoms with Crippen LogP contribution in [0.2, 0.25) is 5.02 Å². The third kappa shape index (κ3) is 3.61. The maximum Gasteiger partial charge on any atom is 0.282 e. The van der Waals surface area contributed by atoms with Crippen molar-refractivity contribution in [3.05, 3.63) is 62.9 Å². The van der Waals surface area contributed by atoms with E-state index >= 15 is 0 Å². The van der Waals surface area contributed by atoms with Crippen molar-refractivity contribution < 1.29 is 9.59 Å². The molecule has 0 N–H and O–H groups in total. The van der Waals surface area contributed by atoms with Crippen molar-refractivity contribution in [2.75, 3.05) is 39.3 Å². The molecule has 2 fully saturated rings. The third-order valence-electron chi connectivity index (χ3n) is 6.60. The van der Waals surface area contributed by atoms with Gasteiger partial charge in [0.15, 0.2) is 5.01 Å². The molecule has 0 bridgehead atoms. The van der Waals surface area contributed by atoms with Crippen LogP contribution in [0.4, 0.5) is 0 Å².